The van der Waals surface area contributed by atoms with Crippen LogP contribution in [0, 0.1) is 0 Å². The minimum Gasteiger partial charge on any atom is -0.288 e. The maximum Gasteiger partial charge on any atom is 0.276 e. The van der Waals surface area contributed by atoms with E-state index in [0.29, 0.717) is 5.69 Å². The van der Waals surface area contributed by atoms with Crippen LogP contribution in [0.15, 0.2) is 36.4 Å². The molecule has 3 rings (SSSR count). The fourth-order valence-corrected chi connectivity index (χ4v) is 2.36. The van der Waals surface area contributed by atoms with E-state index in [4.69, 9.17) is 0 Å². The second-order valence-corrected chi connectivity index (χ2v) is 6.51. The van der Waals surface area contributed by atoms with Crippen LogP contribution in [0.3, 0.4) is 0 Å². The molecule has 1 amide bonds. The van der Waals surface area contributed by atoms with Gasteiger partial charge in [0.1, 0.15) is 11.5 Å². The first kappa shape index (κ1) is 16.9. The van der Waals surface area contributed by atoms with E-state index in [-0.39, 0.29) is 23.7 Å². The van der Waals surface area contributed by atoms with Crippen molar-refractivity contribution in [2.75, 3.05) is 5.32 Å². The number of hydrogen-bond acceptors (Lipinski definition) is 4. The number of aromatic nitrogens is 5. The molecule has 130 valence electrons. The van der Waals surface area contributed by atoms with Crippen molar-refractivity contribution in [3.63, 3.8) is 0 Å². The smallest absolute Gasteiger partial charge is 0.276 e. The third-order valence-corrected chi connectivity index (χ3v) is 3.83. The second-order valence-electron chi connectivity index (χ2n) is 6.51. The summed E-state index contributed by atoms with van der Waals surface area (Å²) >= 11 is 0. The van der Waals surface area contributed by atoms with Crippen LogP contribution in [0.2, 0.25) is 0 Å². The topological polar surface area (TPSA) is 88.5 Å². The molecule has 0 aliphatic carbocycles. The van der Waals surface area contributed by atoms with E-state index in [1.54, 1.807) is 4.68 Å². The Morgan fingerprint density at radius 2 is 1.84 bits per heavy atom. The Morgan fingerprint density at radius 1 is 1.12 bits per heavy atom. The third-order valence-electron chi connectivity index (χ3n) is 3.83. The van der Waals surface area contributed by atoms with Crippen molar-refractivity contribution >= 4 is 11.9 Å². The van der Waals surface area contributed by atoms with Crippen LogP contribution in [0.1, 0.15) is 61.5 Å². The van der Waals surface area contributed by atoms with Crippen LogP contribution in [0.4, 0.5) is 5.95 Å². The van der Waals surface area contributed by atoms with Crippen molar-refractivity contribution in [3.8, 4) is 5.69 Å². The van der Waals surface area contributed by atoms with E-state index < -0.39 is 0 Å². The summed E-state index contributed by atoms with van der Waals surface area (Å²) in [5.41, 5.74) is 2.13. The summed E-state index contributed by atoms with van der Waals surface area (Å²) in [4.78, 5) is 17.0. The first-order valence-corrected chi connectivity index (χ1v) is 8.34. The van der Waals surface area contributed by atoms with Gasteiger partial charge < -0.3 is 0 Å². The van der Waals surface area contributed by atoms with E-state index in [0.717, 1.165) is 17.2 Å². The predicted octanol–water partition coefficient (Wildman–Crippen LogP) is 3.49. The quantitative estimate of drug-likeness (QED) is 0.745. The fraction of sp³-hybridized carbons (Fsp3) is 0.333. The summed E-state index contributed by atoms with van der Waals surface area (Å²) in [7, 11) is 0. The first-order valence-electron chi connectivity index (χ1n) is 8.34. The van der Waals surface area contributed by atoms with Crippen LogP contribution >= 0.6 is 0 Å². The molecule has 0 unspecified atom stereocenters. The summed E-state index contributed by atoms with van der Waals surface area (Å²) in [5, 5.41) is 14.2. The zero-order valence-corrected chi connectivity index (χ0v) is 14.8. The maximum atomic E-state index is 12.8. The van der Waals surface area contributed by atoms with Gasteiger partial charge in [-0.05, 0) is 24.1 Å². The van der Waals surface area contributed by atoms with E-state index >= 15 is 0 Å². The average molecular weight is 338 g/mol. The lowest BCUT2D eigenvalue weighted by Gasteiger charge is -2.06. The van der Waals surface area contributed by atoms with Gasteiger partial charge in [-0.25, -0.2) is 4.68 Å². The molecule has 0 saturated carbocycles. The zero-order valence-electron chi connectivity index (χ0n) is 14.8. The lowest BCUT2D eigenvalue weighted by molar-refractivity contribution is 0.101. The molecular formula is C18H22N6O. The standard InChI is InChI=1S/C18H22N6O/c1-11(2)14-10-15(24(23-14)13-8-6-5-7-9-13)17(25)20-18-19-16(12(3)4)21-22-18/h5-12H,1-4H3,(H2,19,20,21,22,25). The molecule has 0 aliphatic rings. The highest BCUT2D eigenvalue weighted by atomic mass is 16.2. The molecule has 3 aromatic rings. The molecule has 0 atom stereocenters. The SMILES string of the molecule is CC(C)c1cc(C(=O)Nc2n[nH]c(C(C)C)n2)n(-c2ccccc2)n1. The lowest BCUT2D eigenvalue weighted by Crippen LogP contribution is -2.17. The Kier molecular flexibility index (Phi) is 4.65. The Balaban J connectivity index is 1.93. The number of aromatic amines is 1. The molecule has 0 aliphatic heterocycles. The number of nitrogens with one attached hydrogen (secondary N) is 2. The molecule has 0 fully saturated rings. The molecule has 2 N–H and O–H groups in total. The van der Waals surface area contributed by atoms with Crippen LogP contribution < -0.4 is 5.32 Å². The number of benzene rings is 1. The second kappa shape index (κ2) is 6.88. The van der Waals surface area contributed by atoms with Gasteiger partial charge in [0.2, 0.25) is 5.95 Å². The Hall–Kier alpha value is -2.96. The minimum atomic E-state index is -0.294. The summed E-state index contributed by atoms with van der Waals surface area (Å²) in [6.45, 7) is 8.10. The largest absolute Gasteiger partial charge is 0.288 e. The van der Waals surface area contributed by atoms with E-state index in [2.05, 4.69) is 25.6 Å². The summed E-state index contributed by atoms with van der Waals surface area (Å²) in [6.07, 6.45) is 0. The van der Waals surface area contributed by atoms with Gasteiger partial charge in [-0.2, -0.15) is 10.1 Å². The lowest BCUT2D eigenvalue weighted by atomic mass is 10.1. The van der Waals surface area contributed by atoms with Crippen molar-refractivity contribution in [1.29, 1.82) is 0 Å². The van der Waals surface area contributed by atoms with Gasteiger partial charge in [0.05, 0.1) is 11.4 Å². The number of carbonyl (C=O) groups is 1. The Bertz CT molecular complexity index is 863. The molecule has 0 saturated heterocycles. The number of nitrogens with zero attached hydrogens (tertiary/aromatic N) is 4. The van der Waals surface area contributed by atoms with Gasteiger partial charge in [-0.3, -0.25) is 15.2 Å². The molecule has 7 nitrogen and oxygen atoms in total. The zero-order chi connectivity index (χ0) is 18.0. The van der Waals surface area contributed by atoms with Crippen molar-refractivity contribution in [3.05, 3.63) is 53.6 Å². The van der Waals surface area contributed by atoms with E-state index in [9.17, 15) is 4.79 Å². The fourth-order valence-electron chi connectivity index (χ4n) is 2.36. The number of rotatable bonds is 5. The normalized spacial score (nSPS) is 11.3. The number of para-hydroxylation sites is 1. The van der Waals surface area contributed by atoms with Crippen LogP contribution in [0.5, 0.6) is 0 Å². The van der Waals surface area contributed by atoms with Crippen LogP contribution in [-0.2, 0) is 0 Å². The van der Waals surface area contributed by atoms with Gasteiger partial charge in [0, 0.05) is 5.92 Å². The van der Waals surface area contributed by atoms with Gasteiger partial charge >= 0.3 is 0 Å². The highest BCUT2D eigenvalue weighted by Crippen LogP contribution is 2.19. The molecule has 2 heterocycles. The summed E-state index contributed by atoms with van der Waals surface area (Å²) < 4.78 is 1.65. The molecule has 25 heavy (non-hydrogen) atoms. The van der Waals surface area contributed by atoms with Gasteiger partial charge in [0.15, 0.2) is 0 Å². The predicted molar refractivity (Wildman–Crippen MR) is 96.1 cm³/mol. The van der Waals surface area contributed by atoms with Gasteiger partial charge in [-0.1, -0.05) is 45.9 Å². The maximum absolute atomic E-state index is 12.8. The number of anilines is 1. The highest BCUT2D eigenvalue weighted by molar-refractivity contribution is 6.02. The molecule has 0 bridgehead atoms. The van der Waals surface area contributed by atoms with Crippen molar-refractivity contribution in [2.45, 2.75) is 39.5 Å². The molecule has 7 heteroatoms. The van der Waals surface area contributed by atoms with Crippen molar-refractivity contribution in [2.24, 2.45) is 0 Å². The van der Waals surface area contributed by atoms with Crippen LogP contribution in [-0.4, -0.2) is 30.9 Å². The van der Waals surface area contributed by atoms with Gasteiger partial charge in [0.25, 0.3) is 5.91 Å². The monoisotopic (exact) mass is 338 g/mol. The van der Waals surface area contributed by atoms with E-state index in [1.165, 1.54) is 0 Å². The van der Waals surface area contributed by atoms with E-state index in [1.807, 2.05) is 64.1 Å². The van der Waals surface area contributed by atoms with Crippen molar-refractivity contribution < 1.29 is 4.79 Å². The number of amides is 1. The number of hydrogen-bond donors (Lipinski definition) is 2. The molecule has 0 spiro atoms. The Morgan fingerprint density at radius 3 is 2.44 bits per heavy atom. The van der Waals surface area contributed by atoms with Gasteiger partial charge in [-0.15, -0.1) is 5.10 Å². The molecule has 2 aromatic heterocycles. The first-order chi connectivity index (χ1) is 12.0. The molecular weight excluding hydrogens is 316 g/mol. The molecule has 0 radical (unpaired) electrons. The number of carbonyl (C=O) groups excluding carboxylic acids is 1. The summed E-state index contributed by atoms with van der Waals surface area (Å²) in [6, 6.07) is 11.4. The number of H-pyrrole nitrogens is 1. The average Bonchev–Trinajstić information content (AvgIpc) is 3.22. The Labute approximate surface area is 146 Å². The van der Waals surface area contributed by atoms with Crippen molar-refractivity contribution in [1.82, 2.24) is 25.0 Å². The highest BCUT2D eigenvalue weighted by Gasteiger charge is 2.19. The summed E-state index contributed by atoms with van der Waals surface area (Å²) in [5.74, 6) is 1.13. The minimum absolute atomic E-state index is 0.209. The third kappa shape index (κ3) is 3.60. The molecule has 1 aromatic carbocycles. The van der Waals surface area contributed by atoms with Crippen LogP contribution in [0.25, 0.3) is 5.69 Å².